The van der Waals surface area contributed by atoms with Crippen molar-refractivity contribution in [2.45, 2.75) is 6.61 Å². The fourth-order valence-corrected chi connectivity index (χ4v) is 5.62. The summed E-state index contributed by atoms with van der Waals surface area (Å²) in [5.41, 5.74) is 11.8. The summed E-state index contributed by atoms with van der Waals surface area (Å²) in [4.78, 5) is 0. The summed E-state index contributed by atoms with van der Waals surface area (Å²) < 4.78 is 5.95. The molecule has 0 amide bonds. The lowest BCUT2D eigenvalue weighted by molar-refractivity contribution is 0.282. The number of hydrogen-bond acceptors (Lipinski definition) is 2. The molecule has 0 radical (unpaired) electrons. The van der Waals surface area contributed by atoms with Crippen LogP contribution in [-0.2, 0) is 6.61 Å². The first-order valence-electron chi connectivity index (χ1n) is 13.5. The maximum absolute atomic E-state index is 10.5. The highest BCUT2D eigenvalue weighted by atomic mass is 16.5. The lowest BCUT2D eigenvalue weighted by atomic mass is 9.83. The van der Waals surface area contributed by atoms with Crippen LogP contribution in [0.4, 0.5) is 0 Å². The van der Waals surface area contributed by atoms with Crippen LogP contribution in [-0.4, -0.2) is 12.2 Å². The van der Waals surface area contributed by atoms with Crippen LogP contribution in [0.2, 0.25) is 0 Å². The van der Waals surface area contributed by atoms with E-state index in [1.807, 2.05) is 36.4 Å². The number of aliphatic hydroxyl groups is 1. The van der Waals surface area contributed by atoms with E-state index in [9.17, 15) is 5.11 Å². The fraction of sp³-hybridized carbons (Fsp3) is 0.0526. The molecule has 6 aromatic carbocycles. The zero-order valence-corrected chi connectivity index (χ0v) is 22.4. The zero-order valence-electron chi connectivity index (χ0n) is 22.4. The van der Waals surface area contributed by atoms with E-state index in [0.717, 1.165) is 66.9 Å². The van der Waals surface area contributed by atoms with E-state index < -0.39 is 0 Å². The Hall–Kier alpha value is -4.92. The Labute approximate surface area is 235 Å². The van der Waals surface area contributed by atoms with Crippen molar-refractivity contribution in [2.24, 2.45) is 0 Å². The molecule has 1 N–H and O–H groups in total. The molecule has 6 rings (SSSR count). The van der Waals surface area contributed by atoms with Crippen LogP contribution in [0, 0.1) is 0 Å². The quantitative estimate of drug-likeness (QED) is 0.228. The van der Waals surface area contributed by atoms with Crippen molar-refractivity contribution in [2.75, 3.05) is 7.11 Å². The van der Waals surface area contributed by atoms with Gasteiger partial charge >= 0.3 is 0 Å². The van der Waals surface area contributed by atoms with Crippen molar-refractivity contribution < 1.29 is 9.84 Å². The average Bonchev–Trinajstić information content (AvgIpc) is 3.04. The fourth-order valence-electron chi connectivity index (χ4n) is 5.62. The predicted octanol–water partition coefficient (Wildman–Crippen LogP) is 9.52. The van der Waals surface area contributed by atoms with Gasteiger partial charge in [-0.15, -0.1) is 0 Å². The van der Waals surface area contributed by atoms with Gasteiger partial charge in [0.25, 0.3) is 0 Å². The Bertz CT molecular complexity index is 1620. The first-order valence-corrected chi connectivity index (χ1v) is 13.5. The van der Waals surface area contributed by atoms with E-state index >= 15 is 0 Å². The molecular formula is C38H30O2. The van der Waals surface area contributed by atoms with Crippen LogP contribution in [0.25, 0.3) is 55.6 Å². The normalized spacial score (nSPS) is 10.8. The third-order valence-corrected chi connectivity index (χ3v) is 7.42. The predicted molar refractivity (Wildman–Crippen MR) is 166 cm³/mol. The van der Waals surface area contributed by atoms with Crippen LogP contribution in [0.5, 0.6) is 5.75 Å². The number of rotatable bonds is 7. The van der Waals surface area contributed by atoms with Crippen LogP contribution in [0.15, 0.2) is 146 Å². The molecule has 0 atom stereocenters. The summed E-state index contributed by atoms with van der Waals surface area (Å²) in [5, 5.41) is 10.5. The molecule has 0 saturated heterocycles. The minimum Gasteiger partial charge on any atom is -0.496 e. The highest BCUT2D eigenvalue weighted by Gasteiger charge is 2.21. The molecule has 0 spiro atoms. The van der Waals surface area contributed by atoms with Gasteiger partial charge in [0.05, 0.1) is 13.7 Å². The topological polar surface area (TPSA) is 29.5 Å². The molecule has 0 aliphatic carbocycles. The first-order chi connectivity index (χ1) is 19.8. The van der Waals surface area contributed by atoms with Gasteiger partial charge in [-0.1, -0.05) is 140 Å². The second-order valence-electron chi connectivity index (χ2n) is 9.70. The van der Waals surface area contributed by atoms with E-state index in [4.69, 9.17) is 4.74 Å². The second kappa shape index (κ2) is 11.4. The van der Waals surface area contributed by atoms with Crippen LogP contribution in [0.3, 0.4) is 0 Å². The summed E-state index contributed by atoms with van der Waals surface area (Å²) in [6.07, 6.45) is 0. The number of aliphatic hydroxyl groups excluding tert-OH is 1. The second-order valence-corrected chi connectivity index (χ2v) is 9.70. The van der Waals surface area contributed by atoms with Crippen molar-refractivity contribution in [1.82, 2.24) is 0 Å². The zero-order chi connectivity index (χ0) is 27.3. The molecule has 0 bridgehead atoms. The average molecular weight is 519 g/mol. The van der Waals surface area contributed by atoms with Crippen LogP contribution in [0.1, 0.15) is 5.56 Å². The van der Waals surface area contributed by atoms with Crippen molar-refractivity contribution >= 4 is 0 Å². The molecule has 0 aromatic heterocycles. The molecule has 6 aromatic rings. The Morgan fingerprint density at radius 1 is 0.425 bits per heavy atom. The minimum absolute atomic E-state index is 0.0450. The van der Waals surface area contributed by atoms with Crippen molar-refractivity contribution in [3.8, 4) is 61.4 Å². The molecule has 2 heteroatoms. The van der Waals surface area contributed by atoms with E-state index in [-0.39, 0.29) is 6.61 Å². The van der Waals surface area contributed by atoms with Crippen LogP contribution >= 0.6 is 0 Å². The molecule has 0 unspecified atom stereocenters. The molecule has 2 nitrogen and oxygen atoms in total. The molecule has 0 saturated carbocycles. The summed E-state index contributed by atoms with van der Waals surface area (Å²) in [5.74, 6) is 0.826. The third-order valence-electron chi connectivity index (χ3n) is 7.42. The molecular weight excluding hydrogens is 488 g/mol. The monoisotopic (exact) mass is 518 g/mol. The van der Waals surface area contributed by atoms with Gasteiger partial charge in [-0.05, 0) is 61.7 Å². The highest BCUT2D eigenvalue weighted by molar-refractivity contribution is 6.00. The lowest BCUT2D eigenvalue weighted by Gasteiger charge is -2.21. The standard InChI is InChI=1S/C38H30O2/c1-40-36-25-13-24-31(28-16-6-3-7-17-28)38(36)35-22-11-9-20-33(35)32-19-8-10-21-34(32)37-29(26-39)18-12-23-30(37)27-14-4-2-5-15-27/h2-25,39H,26H2,1H3. The third kappa shape index (κ3) is 4.70. The van der Waals surface area contributed by atoms with Crippen molar-refractivity contribution in [3.05, 3.63) is 151 Å². The Morgan fingerprint density at radius 3 is 1.38 bits per heavy atom. The number of methoxy groups -OCH3 is 1. The van der Waals surface area contributed by atoms with Gasteiger partial charge in [-0.3, -0.25) is 0 Å². The summed E-state index contributed by atoms with van der Waals surface area (Å²) >= 11 is 0. The van der Waals surface area contributed by atoms with Crippen molar-refractivity contribution in [3.63, 3.8) is 0 Å². The smallest absolute Gasteiger partial charge is 0.127 e. The van der Waals surface area contributed by atoms with E-state index in [0.29, 0.717) is 0 Å². The molecule has 0 aliphatic heterocycles. The van der Waals surface area contributed by atoms with E-state index in [1.165, 1.54) is 0 Å². The molecule has 0 aliphatic rings. The summed E-state index contributed by atoms with van der Waals surface area (Å²) in [6.45, 7) is -0.0450. The van der Waals surface area contributed by atoms with E-state index in [2.05, 4.69) is 109 Å². The van der Waals surface area contributed by atoms with Gasteiger partial charge in [0.15, 0.2) is 0 Å². The molecule has 0 fully saturated rings. The summed E-state index contributed by atoms with van der Waals surface area (Å²) in [7, 11) is 1.73. The van der Waals surface area contributed by atoms with Crippen LogP contribution < -0.4 is 4.74 Å². The number of benzene rings is 6. The van der Waals surface area contributed by atoms with Gasteiger partial charge in [0.2, 0.25) is 0 Å². The van der Waals surface area contributed by atoms with Gasteiger partial charge in [-0.25, -0.2) is 0 Å². The van der Waals surface area contributed by atoms with Crippen molar-refractivity contribution in [1.29, 1.82) is 0 Å². The Morgan fingerprint density at radius 2 is 0.850 bits per heavy atom. The minimum atomic E-state index is -0.0450. The number of ether oxygens (including phenoxy) is 1. The largest absolute Gasteiger partial charge is 0.496 e. The van der Waals surface area contributed by atoms with Gasteiger partial charge < -0.3 is 9.84 Å². The summed E-state index contributed by atoms with van der Waals surface area (Å²) in [6, 6.07) is 50.2. The molecule has 0 heterocycles. The lowest BCUT2D eigenvalue weighted by Crippen LogP contribution is -1.97. The maximum atomic E-state index is 10.5. The first kappa shape index (κ1) is 25.4. The van der Waals surface area contributed by atoms with Gasteiger partial charge in [0, 0.05) is 5.56 Å². The van der Waals surface area contributed by atoms with E-state index in [1.54, 1.807) is 7.11 Å². The van der Waals surface area contributed by atoms with Gasteiger partial charge in [0.1, 0.15) is 5.75 Å². The maximum Gasteiger partial charge on any atom is 0.127 e. The SMILES string of the molecule is COc1cccc(-c2ccccc2)c1-c1ccccc1-c1ccccc1-c1c(CO)cccc1-c1ccccc1. The molecule has 40 heavy (non-hydrogen) atoms. The van der Waals surface area contributed by atoms with Gasteiger partial charge in [-0.2, -0.15) is 0 Å². The Kier molecular flexibility index (Phi) is 7.26. The Balaban J connectivity index is 1.63. The molecule has 194 valence electrons. The number of hydrogen-bond donors (Lipinski definition) is 1. The highest BCUT2D eigenvalue weighted by Crippen LogP contribution is 2.47.